The minimum atomic E-state index is -3.87. The standard InChI is InChI=1S/C17H20N4O4S/c1-11-16(12(2)25-19-11)26(22,23)20-15(17-18-9-10-21(17)3)13-5-7-14(24-4)8-6-13/h5-10,15,20H,1-4H3. The Kier molecular flexibility index (Phi) is 4.84. The van der Waals surface area contributed by atoms with Crippen LogP contribution in [0.2, 0.25) is 0 Å². The number of nitrogens with zero attached hydrogens (tertiary/aromatic N) is 3. The van der Waals surface area contributed by atoms with Crippen molar-refractivity contribution in [3.8, 4) is 5.75 Å². The van der Waals surface area contributed by atoms with E-state index in [-0.39, 0.29) is 10.7 Å². The Morgan fingerprint density at radius 1 is 1.23 bits per heavy atom. The molecule has 8 nitrogen and oxygen atoms in total. The highest BCUT2D eigenvalue weighted by Gasteiger charge is 2.30. The molecule has 0 radical (unpaired) electrons. The van der Waals surface area contributed by atoms with Crippen molar-refractivity contribution in [1.29, 1.82) is 0 Å². The van der Waals surface area contributed by atoms with Crippen LogP contribution in [0.5, 0.6) is 5.75 Å². The molecule has 0 saturated carbocycles. The van der Waals surface area contributed by atoms with Gasteiger partial charge in [0.05, 0.1) is 7.11 Å². The molecule has 0 bridgehead atoms. The molecule has 2 aromatic heterocycles. The Hall–Kier alpha value is -2.65. The van der Waals surface area contributed by atoms with Gasteiger partial charge in [-0.1, -0.05) is 17.3 Å². The summed E-state index contributed by atoms with van der Waals surface area (Å²) >= 11 is 0. The van der Waals surface area contributed by atoms with Gasteiger partial charge < -0.3 is 13.8 Å². The SMILES string of the molecule is COc1ccc(C(NS(=O)(=O)c2c(C)noc2C)c2nccn2C)cc1. The van der Waals surface area contributed by atoms with Crippen LogP contribution >= 0.6 is 0 Å². The largest absolute Gasteiger partial charge is 0.497 e. The second-order valence-corrected chi connectivity index (χ2v) is 7.53. The normalized spacial score (nSPS) is 12.9. The maximum Gasteiger partial charge on any atom is 0.246 e. The number of aromatic nitrogens is 3. The summed E-state index contributed by atoms with van der Waals surface area (Å²) in [6.07, 6.45) is 3.38. The summed E-state index contributed by atoms with van der Waals surface area (Å²) in [5, 5.41) is 3.73. The van der Waals surface area contributed by atoms with Crippen molar-refractivity contribution in [3.63, 3.8) is 0 Å². The lowest BCUT2D eigenvalue weighted by Crippen LogP contribution is -2.31. The fraction of sp³-hybridized carbons (Fsp3) is 0.294. The summed E-state index contributed by atoms with van der Waals surface area (Å²) < 4.78 is 40.6. The zero-order valence-corrected chi connectivity index (χ0v) is 15.7. The minimum Gasteiger partial charge on any atom is -0.497 e. The van der Waals surface area contributed by atoms with Crippen LogP contribution in [0.15, 0.2) is 46.1 Å². The van der Waals surface area contributed by atoms with E-state index < -0.39 is 16.1 Å². The number of nitrogens with one attached hydrogen (secondary N) is 1. The monoisotopic (exact) mass is 376 g/mol. The molecule has 1 aromatic carbocycles. The molecule has 138 valence electrons. The van der Waals surface area contributed by atoms with E-state index in [0.717, 1.165) is 5.56 Å². The summed E-state index contributed by atoms with van der Waals surface area (Å²) in [6.45, 7) is 3.16. The number of rotatable bonds is 6. The van der Waals surface area contributed by atoms with Gasteiger partial charge >= 0.3 is 0 Å². The first-order valence-corrected chi connectivity index (χ1v) is 9.38. The molecule has 26 heavy (non-hydrogen) atoms. The quantitative estimate of drug-likeness (QED) is 0.707. The lowest BCUT2D eigenvalue weighted by atomic mass is 10.1. The summed E-state index contributed by atoms with van der Waals surface area (Å²) in [5.41, 5.74) is 1.04. The van der Waals surface area contributed by atoms with Gasteiger partial charge in [0.25, 0.3) is 0 Å². The van der Waals surface area contributed by atoms with Gasteiger partial charge in [-0.15, -0.1) is 0 Å². The summed E-state index contributed by atoms with van der Waals surface area (Å²) in [7, 11) is -0.492. The number of ether oxygens (including phenoxy) is 1. The third-order valence-electron chi connectivity index (χ3n) is 4.08. The number of aryl methyl sites for hydroxylation is 3. The highest BCUT2D eigenvalue weighted by atomic mass is 32.2. The van der Waals surface area contributed by atoms with Crippen molar-refractivity contribution >= 4 is 10.0 Å². The topological polar surface area (TPSA) is 99.2 Å². The van der Waals surface area contributed by atoms with Crippen LogP contribution in [0.4, 0.5) is 0 Å². The fourth-order valence-corrected chi connectivity index (χ4v) is 4.31. The van der Waals surface area contributed by atoms with Crippen molar-refractivity contribution in [2.24, 2.45) is 7.05 Å². The van der Waals surface area contributed by atoms with Gasteiger partial charge in [-0.3, -0.25) is 0 Å². The predicted molar refractivity (Wildman–Crippen MR) is 94.3 cm³/mol. The Labute approximate surface area is 151 Å². The molecule has 0 aliphatic heterocycles. The first kappa shape index (κ1) is 18.2. The number of hydrogen-bond donors (Lipinski definition) is 1. The van der Waals surface area contributed by atoms with Crippen molar-refractivity contribution in [3.05, 3.63) is 59.5 Å². The van der Waals surface area contributed by atoms with E-state index in [1.165, 1.54) is 0 Å². The molecule has 2 heterocycles. The second-order valence-electron chi connectivity index (χ2n) is 5.88. The Morgan fingerprint density at radius 2 is 1.92 bits per heavy atom. The average molecular weight is 376 g/mol. The minimum absolute atomic E-state index is 0.0465. The molecular weight excluding hydrogens is 356 g/mol. The maximum absolute atomic E-state index is 13.0. The Morgan fingerprint density at radius 3 is 2.42 bits per heavy atom. The van der Waals surface area contributed by atoms with Crippen LogP contribution in [0.1, 0.15) is 28.9 Å². The highest BCUT2D eigenvalue weighted by molar-refractivity contribution is 7.89. The van der Waals surface area contributed by atoms with Gasteiger partial charge in [-0.25, -0.2) is 13.4 Å². The van der Waals surface area contributed by atoms with Crippen molar-refractivity contribution < 1.29 is 17.7 Å². The highest BCUT2D eigenvalue weighted by Crippen LogP contribution is 2.27. The predicted octanol–water partition coefficient (Wildman–Crippen LogP) is 2.10. The van der Waals surface area contributed by atoms with Crippen LogP contribution < -0.4 is 9.46 Å². The maximum atomic E-state index is 13.0. The number of sulfonamides is 1. The summed E-state index contributed by atoms with van der Waals surface area (Å²) in [4.78, 5) is 4.36. The van der Waals surface area contributed by atoms with E-state index in [4.69, 9.17) is 9.26 Å². The van der Waals surface area contributed by atoms with Gasteiger partial charge in [-0.05, 0) is 31.5 Å². The zero-order valence-electron chi connectivity index (χ0n) is 14.9. The molecule has 0 fully saturated rings. The Balaban J connectivity index is 2.05. The van der Waals surface area contributed by atoms with Gasteiger partial charge in [0.1, 0.15) is 28.2 Å². The van der Waals surface area contributed by atoms with Crippen molar-refractivity contribution in [2.75, 3.05) is 7.11 Å². The first-order valence-electron chi connectivity index (χ1n) is 7.90. The number of benzene rings is 1. The molecule has 0 amide bonds. The lowest BCUT2D eigenvalue weighted by molar-refractivity contribution is 0.390. The molecule has 3 rings (SSSR count). The van der Waals surface area contributed by atoms with Crippen LogP contribution in [-0.4, -0.2) is 30.2 Å². The fourth-order valence-electron chi connectivity index (χ4n) is 2.79. The molecule has 1 N–H and O–H groups in total. The van der Waals surface area contributed by atoms with Gasteiger partial charge in [0.2, 0.25) is 10.0 Å². The molecular formula is C17H20N4O4S. The molecule has 0 saturated heterocycles. The van der Waals surface area contributed by atoms with Crippen molar-refractivity contribution in [1.82, 2.24) is 19.4 Å². The molecule has 1 atom stereocenters. The third-order valence-corrected chi connectivity index (χ3v) is 5.74. The van der Waals surface area contributed by atoms with Crippen LogP contribution in [0, 0.1) is 13.8 Å². The Bertz CT molecular complexity index is 986. The van der Waals surface area contributed by atoms with E-state index >= 15 is 0 Å². The molecule has 0 spiro atoms. The van der Waals surface area contributed by atoms with E-state index in [9.17, 15) is 8.42 Å². The van der Waals surface area contributed by atoms with Crippen molar-refractivity contribution in [2.45, 2.75) is 24.8 Å². The van der Waals surface area contributed by atoms with E-state index in [1.807, 2.05) is 7.05 Å². The van der Waals surface area contributed by atoms with Gasteiger partial charge in [0, 0.05) is 19.4 Å². The average Bonchev–Trinajstić information content (AvgIpc) is 3.18. The molecule has 9 heteroatoms. The first-order chi connectivity index (χ1) is 12.3. The zero-order chi connectivity index (χ0) is 18.9. The molecule has 0 aliphatic rings. The molecule has 3 aromatic rings. The van der Waals surface area contributed by atoms with Crippen LogP contribution in [0.3, 0.4) is 0 Å². The third kappa shape index (κ3) is 3.35. The van der Waals surface area contributed by atoms with E-state index in [1.54, 1.807) is 62.2 Å². The lowest BCUT2D eigenvalue weighted by Gasteiger charge is -2.19. The number of imidazole rings is 1. The van der Waals surface area contributed by atoms with E-state index in [2.05, 4.69) is 14.9 Å². The summed E-state index contributed by atoms with van der Waals surface area (Å²) in [5.74, 6) is 1.48. The smallest absolute Gasteiger partial charge is 0.246 e. The second kappa shape index (κ2) is 6.93. The van der Waals surface area contributed by atoms with Crippen LogP contribution in [-0.2, 0) is 17.1 Å². The summed E-state index contributed by atoms with van der Waals surface area (Å²) in [6, 6.07) is 6.46. The van der Waals surface area contributed by atoms with Crippen LogP contribution in [0.25, 0.3) is 0 Å². The molecule has 0 aliphatic carbocycles. The van der Waals surface area contributed by atoms with Gasteiger partial charge in [-0.2, -0.15) is 4.72 Å². The number of methoxy groups -OCH3 is 1. The molecule has 1 unspecified atom stereocenters. The number of hydrogen-bond acceptors (Lipinski definition) is 6. The van der Waals surface area contributed by atoms with Gasteiger partial charge in [0.15, 0.2) is 5.76 Å². The van der Waals surface area contributed by atoms with E-state index in [0.29, 0.717) is 17.3 Å².